The van der Waals surface area contributed by atoms with Crippen LogP contribution in [0.1, 0.15) is 59.8 Å². The predicted octanol–water partition coefficient (Wildman–Crippen LogP) is 3.58. The third-order valence-corrected chi connectivity index (χ3v) is 3.90. The van der Waals surface area contributed by atoms with E-state index in [4.69, 9.17) is 5.26 Å². The lowest BCUT2D eigenvalue weighted by atomic mass is 9.89. The lowest BCUT2D eigenvalue weighted by molar-refractivity contribution is 0.0987. The van der Waals surface area contributed by atoms with E-state index >= 15 is 0 Å². The van der Waals surface area contributed by atoms with Crippen molar-refractivity contribution in [3.05, 3.63) is 0 Å². The lowest BCUT2D eigenvalue weighted by Crippen LogP contribution is -2.44. The number of likely N-dealkylation sites (tertiary alicyclic amines) is 1. The van der Waals surface area contributed by atoms with Crippen molar-refractivity contribution in [1.29, 1.82) is 5.26 Å². The molecular weight excluding hydrogens is 196 g/mol. The first-order valence-corrected chi connectivity index (χ1v) is 6.63. The summed E-state index contributed by atoms with van der Waals surface area (Å²) in [4.78, 5) is 2.62. The zero-order valence-electron chi connectivity index (χ0n) is 11.3. The highest BCUT2D eigenvalue weighted by molar-refractivity contribution is 4.91. The standard InChI is InChI=1S/C14H26N2/c1-12-7-5-8-13(2)16(12)10-6-9-14(3,4)11-15/h12-13H,5-10H2,1-4H3. The van der Waals surface area contributed by atoms with Crippen LogP contribution in [-0.4, -0.2) is 23.5 Å². The molecule has 0 aromatic rings. The van der Waals surface area contributed by atoms with Crippen LogP contribution in [0.25, 0.3) is 0 Å². The summed E-state index contributed by atoms with van der Waals surface area (Å²) in [6.07, 6.45) is 6.22. The summed E-state index contributed by atoms with van der Waals surface area (Å²) in [5, 5.41) is 8.97. The number of hydrogen-bond acceptors (Lipinski definition) is 2. The van der Waals surface area contributed by atoms with E-state index in [1.165, 1.54) is 19.3 Å². The van der Waals surface area contributed by atoms with Crippen LogP contribution in [0.3, 0.4) is 0 Å². The summed E-state index contributed by atoms with van der Waals surface area (Å²) in [5.41, 5.74) is -0.151. The summed E-state index contributed by atoms with van der Waals surface area (Å²) < 4.78 is 0. The van der Waals surface area contributed by atoms with Crippen LogP contribution in [0.5, 0.6) is 0 Å². The van der Waals surface area contributed by atoms with Crippen LogP contribution in [0.4, 0.5) is 0 Å². The second-order valence-electron chi connectivity index (χ2n) is 5.97. The van der Waals surface area contributed by atoms with Crippen LogP contribution in [0.2, 0.25) is 0 Å². The minimum atomic E-state index is -0.151. The molecule has 1 aliphatic rings. The van der Waals surface area contributed by atoms with Crippen molar-refractivity contribution in [3.8, 4) is 6.07 Å². The van der Waals surface area contributed by atoms with Crippen LogP contribution in [0.15, 0.2) is 0 Å². The third kappa shape index (κ3) is 3.79. The second kappa shape index (κ2) is 5.68. The van der Waals surface area contributed by atoms with Gasteiger partial charge in [0.2, 0.25) is 0 Å². The maximum absolute atomic E-state index is 8.97. The van der Waals surface area contributed by atoms with Gasteiger partial charge in [0.1, 0.15) is 0 Å². The Hall–Kier alpha value is -0.550. The van der Waals surface area contributed by atoms with E-state index in [2.05, 4.69) is 24.8 Å². The average Bonchev–Trinajstić information content (AvgIpc) is 2.22. The van der Waals surface area contributed by atoms with E-state index in [1.54, 1.807) is 0 Å². The van der Waals surface area contributed by atoms with Gasteiger partial charge in [0.05, 0.1) is 11.5 Å². The first-order chi connectivity index (χ1) is 7.46. The van der Waals surface area contributed by atoms with Gasteiger partial charge in [-0.3, -0.25) is 4.90 Å². The smallest absolute Gasteiger partial charge is 0.0683 e. The predicted molar refractivity (Wildman–Crippen MR) is 68.1 cm³/mol. The van der Waals surface area contributed by atoms with Gasteiger partial charge in [-0.2, -0.15) is 5.26 Å². The van der Waals surface area contributed by atoms with Crippen LogP contribution < -0.4 is 0 Å². The molecule has 2 unspecified atom stereocenters. The molecule has 2 heteroatoms. The molecule has 1 saturated heterocycles. The molecule has 0 spiro atoms. The average molecular weight is 222 g/mol. The van der Waals surface area contributed by atoms with Crippen molar-refractivity contribution in [1.82, 2.24) is 4.90 Å². The number of nitrogens with zero attached hydrogens (tertiary/aromatic N) is 2. The van der Waals surface area contributed by atoms with E-state index < -0.39 is 0 Å². The Kier molecular flexibility index (Phi) is 4.80. The Labute approximate surface area is 101 Å². The van der Waals surface area contributed by atoms with Gasteiger partial charge in [-0.25, -0.2) is 0 Å². The van der Waals surface area contributed by atoms with Crippen LogP contribution >= 0.6 is 0 Å². The molecule has 92 valence electrons. The quantitative estimate of drug-likeness (QED) is 0.727. The molecule has 1 heterocycles. The zero-order chi connectivity index (χ0) is 12.2. The molecule has 0 aromatic carbocycles. The molecule has 0 N–H and O–H groups in total. The Morgan fingerprint density at radius 3 is 2.31 bits per heavy atom. The Bertz CT molecular complexity index is 242. The molecule has 0 bridgehead atoms. The van der Waals surface area contributed by atoms with Crippen molar-refractivity contribution in [2.45, 2.75) is 71.9 Å². The van der Waals surface area contributed by atoms with Gasteiger partial charge in [-0.1, -0.05) is 6.42 Å². The van der Waals surface area contributed by atoms with Crippen molar-refractivity contribution in [2.75, 3.05) is 6.54 Å². The molecule has 1 fully saturated rings. The zero-order valence-corrected chi connectivity index (χ0v) is 11.3. The number of nitriles is 1. The van der Waals surface area contributed by atoms with Crippen molar-refractivity contribution in [3.63, 3.8) is 0 Å². The van der Waals surface area contributed by atoms with Gasteiger partial charge < -0.3 is 0 Å². The third-order valence-electron chi connectivity index (χ3n) is 3.90. The van der Waals surface area contributed by atoms with Gasteiger partial charge >= 0.3 is 0 Å². The highest BCUT2D eigenvalue weighted by atomic mass is 15.2. The molecule has 2 atom stereocenters. The number of piperidine rings is 1. The highest BCUT2D eigenvalue weighted by Crippen LogP contribution is 2.25. The molecule has 0 aliphatic carbocycles. The molecule has 2 nitrogen and oxygen atoms in total. The molecule has 0 saturated carbocycles. The monoisotopic (exact) mass is 222 g/mol. The van der Waals surface area contributed by atoms with Crippen molar-refractivity contribution < 1.29 is 0 Å². The van der Waals surface area contributed by atoms with Gasteiger partial charge in [0, 0.05) is 12.1 Å². The summed E-state index contributed by atoms with van der Waals surface area (Å²) >= 11 is 0. The molecule has 0 aromatic heterocycles. The number of rotatable bonds is 4. The lowest BCUT2D eigenvalue weighted by Gasteiger charge is -2.39. The first kappa shape index (κ1) is 13.5. The molecule has 1 rings (SSSR count). The fourth-order valence-electron chi connectivity index (χ4n) is 2.67. The largest absolute Gasteiger partial charge is 0.298 e. The minimum Gasteiger partial charge on any atom is -0.298 e. The van der Waals surface area contributed by atoms with Gasteiger partial charge in [-0.15, -0.1) is 0 Å². The molecule has 0 radical (unpaired) electrons. The van der Waals surface area contributed by atoms with Crippen molar-refractivity contribution >= 4 is 0 Å². The van der Waals surface area contributed by atoms with Gasteiger partial charge in [0.15, 0.2) is 0 Å². The first-order valence-electron chi connectivity index (χ1n) is 6.63. The van der Waals surface area contributed by atoms with E-state index in [0.717, 1.165) is 31.5 Å². The Morgan fingerprint density at radius 1 is 1.25 bits per heavy atom. The van der Waals surface area contributed by atoms with E-state index in [0.29, 0.717) is 0 Å². The van der Waals surface area contributed by atoms with E-state index in [1.807, 2.05) is 13.8 Å². The Balaban J connectivity index is 2.34. The Morgan fingerprint density at radius 2 is 1.81 bits per heavy atom. The van der Waals surface area contributed by atoms with Gasteiger partial charge in [0.25, 0.3) is 0 Å². The van der Waals surface area contributed by atoms with E-state index in [9.17, 15) is 0 Å². The molecule has 16 heavy (non-hydrogen) atoms. The summed E-state index contributed by atoms with van der Waals surface area (Å²) in [6.45, 7) is 9.91. The highest BCUT2D eigenvalue weighted by Gasteiger charge is 2.25. The van der Waals surface area contributed by atoms with Crippen LogP contribution in [0, 0.1) is 16.7 Å². The summed E-state index contributed by atoms with van der Waals surface area (Å²) in [7, 11) is 0. The molecule has 0 amide bonds. The fraction of sp³-hybridized carbons (Fsp3) is 0.929. The number of hydrogen-bond donors (Lipinski definition) is 0. The second-order valence-corrected chi connectivity index (χ2v) is 5.97. The van der Waals surface area contributed by atoms with Crippen LogP contribution in [-0.2, 0) is 0 Å². The van der Waals surface area contributed by atoms with Crippen molar-refractivity contribution in [2.24, 2.45) is 5.41 Å². The maximum atomic E-state index is 8.97. The summed E-state index contributed by atoms with van der Waals surface area (Å²) in [5.74, 6) is 0. The maximum Gasteiger partial charge on any atom is 0.0683 e. The fourth-order valence-corrected chi connectivity index (χ4v) is 2.67. The normalized spacial score (nSPS) is 27.7. The topological polar surface area (TPSA) is 27.0 Å². The molecule has 1 aliphatic heterocycles. The minimum absolute atomic E-state index is 0.151. The SMILES string of the molecule is CC1CCCC(C)N1CCCC(C)(C)C#N. The summed E-state index contributed by atoms with van der Waals surface area (Å²) in [6, 6.07) is 3.84. The van der Waals surface area contributed by atoms with Gasteiger partial charge in [-0.05, 0) is 59.9 Å². The molecular formula is C14H26N2. The van der Waals surface area contributed by atoms with E-state index in [-0.39, 0.29) is 5.41 Å².